The maximum absolute atomic E-state index is 13.8. The van der Waals surface area contributed by atoms with Crippen LogP contribution in [0, 0.1) is 0 Å². The van der Waals surface area contributed by atoms with Crippen LogP contribution < -0.4 is 19.1 Å². The second-order valence-corrected chi connectivity index (χ2v) is 10.1. The third-order valence-electron chi connectivity index (χ3n) is 7.42. The van der Waals surface area contributed by atoms with Gasteiger partial charge >= 0.3 is 0 Å². The molecule has 2 aromatic carbocycles. The summed E-state index contributed by atoms with van der Waals surface area (Å²) in [6.45, 7) is 5.35. The molecule has 3 aromatic rings. The number of carbonyl (C=O) groups is 2. The number of benzene rings is 2. The Balaban J connectivity index is 1.59. The number of carbonyl (C=O) groups excluding carboxylic acids is 2. The molecule has 41 heavy (non-hydrogen) atoms. The average molecular weight is 561 g/mol. The summed E-state index contributed by atoms with van der Waals surface area (Å²) in [4.78, 5) is 37.1. The first kappa shape index (κ1) is 29.9. The lowest BCUT2D eigenvalue weighted by Gasteiger charge is -2.28. The van der Waals surface area contributed by atoms with Gasteiger partial charge in [-0.2, -0.15) is 0 Å². The van der Waals surface area contributed by atoms with Crippen LogP contribution in [0.25, 0.3) is 0 Å². The summed E-state index contributed by atoms with van der Waals surface area (Å²) in [6, 6.07) is 17.5. The molecule has 0 unspecified atom stereocenters. The van der Waals surface area contributed by atoms with Gasteiger partial charge in [0.15, 0.2) is 11.5 Å². The molecule has 2 heterocycles. The second kappa shape index (κ2) is 14.5. The van der Waals surface area contributed by atoms with Crippen LogP contribution in [0.4, 0.5) is 5.69 Å². The lowest BCUT2D eigenvalue weighted by Crippen LogP contribution is -2.38. The fraction of sp³-hybridized carbons (Fsp3) is 0.406. The van der Waals surface area contributed by atoms with Gasteiger partial charge < -0.3 is 24.0 Å². The molecule has 9 heteroatoms. The number of hydrogen-bond acceptors (Lipinski definition) is 7. The highest BCUT2D eigenvalue weighted by Crippen LogP contribution is 2.40. The number of nitrogens with zero attached hydrogens (tertiary/aromatic N) is 4. The number of pyridine rings is 1. The van der Waals surface area contributed by atoms with E-state index in [4.69, 9.17) is 14.2 Å². The Bertz CT molecular complexity index is 1320. The third kappa shape index (κ3) is 7.55. The largest absolute Gasteiger partial charge is 0.493 e. The molecule has 0 radical (unpaired) electrons. The molecule has 0 saturated carbocycles. The van der Waals surface area contributed by atoms with Gasteiger partial charge in [0.05, 0.1) is 27.0 Å². The van der Waals surface area contributed by atoms with E-state index < -0.39 is 0 Å². The number of rotatable bonds is 8. The fourth-order valence-electron chi connectivity index (χ4n) is 5.32. The SMILES string of the molecule is COc1ccc(CCC(=O)N2CCN(Cc3ccccn3)CCCN(C(C)=O)c3ccccc3C2)c(OC)c1OC. The lowest BCUT2D eigenvalue weighted by molar-refractivity contribution is -0.132. The van der Waals surface area contributed by atoms with Gasteiger partial charge in [-0.1, -0.05) is 30.3 Å². The Kier molecular flexibility index (Phi) is 10.6. The van der Waals surface area contributed by atoms with Crippen molar-refractivity contribution in [1.82, 2.24) is 14.8 Å². The van der Waals surface area contributed by atoms with Gasteiger partial charge in [-0.05, 0) is 48.2 Å². The summed E-state index contributed by atoms with van der Waals surface area (Å²) in [5.74, 6) is 1.68. The predicted octanol–water partition coefficient (Wildman–Crippen LogP) is 4.33. The van der Waals surface area contributed by atoms with Crippen molar-refractivity contribution in [3.8, 4) is 17.2 Å². The van der Waals surface area contributed by atoms with Gasteiger partial charge in [-0.15, -0.1) is 0 Å². The Hall–Kier alpha value is -4.11. The van der Waals surface area contributed by atoms with Gasteiger partial charge in [-0.3, -0.25) is 19.5 Å². The standard InChI is InChI=1S/C32H40N4O5/c1-24(37)36-19-9-18-34(23-27-11-7-8-17-33-27)20-21-35(22-26-10-5-6-12-28(26)36)30(38)16-14-25-13-15-29(39-2)32(41-4)31(25)40-3/h5-8,10-13,15,17H,9,14,16,18-23H2,1-4H3. The Morgan fingerprint density at radius 3 is 2.34 bits per heavy atom. The van der Waals surface area contributed by atoms with E-state index in [-0.39, 0.29) is 11.8 Å². The van der Waals surface area contributed by atoms with E-state index in [0.29, 0.717) is 62.8 Å². The maximum Gasteiger partial charge on any atom is 0.223 e. The molecule has 0 atom stereocenters. The summed E-state index contributed by atoms with van der Waals surface area (Å²) in [5.41, 5.74) is 3.67. The van der Waals surface area contributed by atoms with Crippen molar-refractivity contribution in [3.05, 3.63) is 77.6 Å². The van der Waals surface area contributed by atoms with Crippen molar-refractivity contribution < 1.29 is 23.8 Å². The highest BCUT2D eigenvalue weighted by atomic mass is 16.5. The highest BCUT2D eigenvalue weighted by Gasteiger charge is 2.23. The van der Waals surface area contributed by atoms with Crippen molar-refractivity contribution >= 4 is 17.5 Å². The van der Waals surface area contributed by atoms with Crippen molar-refractivity contribution in [1.29, 1.82) is 0 Å². The van der Waals surface area contributed by atoms with E-state index in [1.807, 2.05) is 64.4 Å². The smallest absolute Gasteiger partial charge is 0.223 e. The first-order chi connectivity index (χ1) is 19.9. The van der Waals surface area contributed by atoms with Gasteiger partial charge in [0.2, 0.25) is 17.6 Å². The number of anilines is 1. The van der Waals surface area contributed by atoms with Crippen molar-refractivity contribution in [3.63, 3.8) is 0 Å². The number of hydrogen-bond donors (Lipinski definition) is 0. The first-order valence-electron chi connectivity index (χ1n) is 14.0. The number of amides is 2. The van der Waals surface area contributed by atoms with Crippen LogP contribution in [-0.2, 0) is 29.1 Å². The molecule has 0 bridgehead atoms. The van der Waals surface area contributed by atoms with Crippen LogP contribution in [0.1, 0.15) is 36.6 Å². The van der Waals surface area contributed by atoms with Crippen LogP contribution >= 0.6 is 0 Å². The van der Waals surface area contributed by atoms with Crippen molar-refractivity contribution in [2.45, 2.75) is 39.3 Å². The predicted molar refractivity (Wildman–Crippen MR) is 158 cm³/mol. The minimum atomic E-state index is -0.00797. The number of methoxy groups -OCH3 is 3. The molecule has 0 aliphatic carbocycles. The van der Waals surface area contributed by atoms with Gasteiger partial charge in [0, 0.05) is 64.5 Å². The Labute approximate surface area is 242 Å². The zero-order chi connectivity index (χ0) is 29.2. The van der Waals surface area contributed by atoms with E-state index in [2.05, 4.69) is 9.88 Å². The Morgan fingerprint density at radius 1 is 0.854 bits per heavy atom. The summed E-state index contributed by atoms with van der Waals surface area (Å²) in [5, 5.41) is 0. The molecular formula is C32H40N4O5. The highest BCUT2D eigenvalue weighted by molar-refractivity contribution is 5.92. The lowest BCUT2D eigenvalue weighted by atomic mass is 10.1. The van der Waals surface area contributed by atoms with E-state index in [1.54, 1.807) is 34.4 Å². The van der Waals surface area contributed by atoms with E-state index in [0.717, 1.165) is 35.5 Å². The summed E-state index contributed by atoms with van der Waals surface area (Å²) >= 11 is 0. The molecule has 0 spiro atoms. The molecule has 2 amide bonds. The monoisotopic (exact) mass is 560 g/mol. The van der Waals surface area contributed by atoms with Gasteiger partial charge in [0.25, 0.3) is 0 Å². The molecule has 1 aliphatic rings. The fourth-order valence-corrected chi connectivity index (χ4v) is 5.32. The minimum Gasteiger partial charge on any atom is -0.493 e. The van der Waals surface area contributed by atoms with Crippen LogP contribution in [0.15, 0.2) is 60.8 Å². The molecule has 0 N–H and O–H groups in total. The molecule has 1 aliphatic heterocycles. The number of aryl methyl sites for hydroxylation is 1. The topological polar surface area (TPSA) is 84.4 Å². The molecule has 0 saturated heterocycles. The van der Waals surface area contributed by atoms with Gasteiger partial charge in [-0.25, -0.2) is 0 Å². The first-order valence-corrected chi connectivity index (χ1v) is 14.0. The molecule has 4 rings (SSSR count). The van der Waals surface area contributed by atoms with E-state index in [9.17, 15) is 9.59 Å². The quantitative estimate of drug-likeness (QED) is 0.406. The zero-order valence-electron chi connectivity index (χ0n) is 24.5. The molecular weight excluding hydrogens is 520 g/mol. The molecule has 218 valence electrons. The number of para-hydroxylation sites is 1. The van der Waals surface area contributed by atoms with Crippen LogP contribution in [0.2, 0.25) is 0 Å². The number of ether oxygens (including phenoxy) is 3. The third-order valence-corrected chi connectivity index (χ3v) is 7.42. The summed E-state index contributed by atoms with van der Waals surface area (Å²) in [6.07, 6.45) is 3.39. The van der Waals surface area contributed by atoms with Crippen LogP contribution in [0.3, 0.4) is 0 Å². The number of aromatic nitrogens is 1. The second-order valence-electron chi connectivity index (χ2n) is 10.1. The van der Waals surface area contributed by atoms with E-state index >= 15 is 0 Å². The molecule has 0 fully saturated rings. The van der Waals surface area contributed by atoms with Crippen molar-refractivity contribution in [2.24, 2.45) is 0 Å². The normalized spacial score (nSPS) is 14.5. The molecule has 1 aromatic heterocycles. The molecule has 9 nitrogen and oxygen atoms in total. The van der Waals surface area contributed by atoms with E-state index in [1.165, 1.54) is 0 Å². The zero-order valence-corrected chi connectivity index (χ0v) is 24.5. The average Bonchev–Trinajstić information content (AvgIpc) is 3.03. The van der Waals surface area contributed by atoms with Crippen LogP contribution in [-0.4, -0.2) is 74.1 Å². The maximum atomic E-state index is 13.8. The van der Waals surface area contributed by atoms with Crippen molar-refractivity contribution in [2.75, 3.05) is 52.4 Å². The minimum absolute atomic E-state index is 0.00797. The summed E-state index contributed by atoms with van der Waals surface area (Å²) in [7, 11) is 4.74. The number of fused-ring (bicyclic) bond motifs is 1. The van der Waals surface area contributed by atoms with Crippen LogP contribution in [0.5, 0.6) is 17.2 Å². The van der Waals surface area contributed by atoms with Gasteiger partial charge in [0.1, 0.15) is 0 Å². The Morgan fingerprint density at radius 2 is 1.63 bits per heavy atom. The summed E-state index contributed by atoms with van der Waals surface area (Å²) < 4.78 is 16.6.